The van der Waals surface area contributed by atoms with Crippen molar-refractivity contribution < 1.29 is 29.0 Å². The molecule has 0 aliphatic rings. The van der Waals surface area contributed by atoms with Gasteiger partial charge in [0, 0.05) is 30.6 Å². The van der Waals surface area contributed by atoms with Crippen LogP contribution in [-0.2, 0) is 14.3 Å². The summed E-state index contributed by atoms with van der Waals surface area (Å²) < 4.78 is 12.7. The fraction of sp³-hybridized carbons (Fsp3) is 0.400. The third-order valence-corrected chi connectivity index (χ3v) is 4.10. The average molecular weight is 485 g/mol. The number of nitrogens with zero attached hydrogens (tertiary/aromatic N) is 4. The molecule has 3 aromatic heterocycles. The van der Waals surface area contributed by atoms with E-state index in [1.54, 1.807) is 72.9 Å². The van der Waals surface area contributed by atoms with Crippen LogP contribution in [0.3, 0.4) is 0 Å². The van der Waals surface area contributed by atoms with Crippen molar-refractivity contribution in [2.45, 2.75) is 66.1 Å². The summed E-state index contributed by atoms with van der Waals surface area (Å²) in [7, 11) is 0. The number of hydrogen-bond acceptors (Lipinski definition) is 7. The molecule has 3 heterocycles. The zero-order valence-corrected chi connectivity index (χ0v) is 21.1. The van der Waals surface area contributed by atoms with Gasteiger partial charge in [-0.25, -0.2) is 19.6 Å². The number of imidazole rings is 1. The van der Waals surface area contributed by atoms with Crippen molar-refractivity contribution in [3.63, 3.8) is 0 Å². The Kier molecular flexibility index (Phi) is 8.57. The number of aliphatic carboxylic acids is 1. The van der Waals surface area contributed by atoms with E-state index in [1.165, 1.54) is 0 Å². The van der Waals surface area contributed by atoms with E-state index < -0.39 is 29.4 Å². The highest BCUT2D eigenvalue weighted by molar-refractivity contribution is 6.08. The Bertz CT molecular complexity index is 1160. The maximum Gasteiger partial charge on any atom is 0.425 e. The minimum atomic E-state index is -0.855. The molecule has 2 amide bonds. The summed E-state index contributed by atoms with van der Waals surface area (Å²) in [5, 5.41) is 7.72. The van der Waals surface area contributed by atoms with Crippen LogP contribution in [0.2, 0.25) is 0 Å². The van der Waals surface area contributed by atoms with Crippen LogP contribution < -0.4 is 4.90 Å². The van der Waals surface area contributed by atoms with Crippen molar-refractivity contribution in [1.82, 2.24) is 14.4 Å². The Labute approximate surface area is 204 Å². The monoisotopic (exact) mass is 484 g/mol. The van der Waals surface area contributed by atoms with Crippen molar-refractivity contribution >= 4 is 29.6 Å². The Hall–Kier alpha value is -3.95. The van der Waals surface area contributed by atoms with E-state index in [2.05, 4.69) is 9.97 Å². The number of fused-ring (bicyclic) bond motifs is 1. The van der Waals surface area contributed by atoms with E-state index >= 15 is 0 Å². The Morgan fingerprint density at radius 3 is 2.06 bits per heavy atom. The second-order valence-corrected chi connectivity index (χ2v) is 9.53. The van der Waals surface area contributed by atoms with Gasteiger partial charge in [-0.15, -0.1) is 0 Å². The zero-order valence-electron chi connectivity index (χ0n) is 21.1. The van der Waals surface area contributed by atoms with Gasteiger partial charge in [0.1, 0.15) is 22.7 Å². The lowest BCUT2D eigenvalue weighted by Gasteiger charge is -2.28. The normalized spacial score (nSPS) is 11.3. The van der Waals surface area contributed by atoms with Crippen LogP contribution in [0.1, 0.15) is 54.9 Å². The first-order valence-corrected chi connectivity index (χ1v) is 11.1. The second kappa shape index (κ2) is 11.0. The molecule has 0 aliphatic heterocycles. The first-order chi connectivity index (χ1) is 16.2. The Morgan fingerprint density at radius 1 is 0.971 bits per heavy atom. The standard InChI is InChI=1S/C22H26N4O4.C3H6O2/c1-21(2,3)29-19(27)26(20(28)30-22(4,5)6)18-9-7-8-16(24-18)15-10-11-17-23-12-13-25(17)14-15;1-2-3(4)5/h7-14H,1-6H3;2H2,1H3,(H,4,5). The third kappa shape index (κ3) is 8.40. The van der Waals surface area contributed by atoms with Crippen LogP contribution in [0, 0.1) is 0 Å². The number of amides is 2. The van der Waals surface area contributed by atoms with Gasteiger partial charge < -0.3 is 19.0 Å². The van der Waals surface area contributed by atoms with E-state index in [4.69, 9.17) is 14.6 Å². The lowest BCUT2D eigenvalue weighted by atomic mass is 10.2. The van der Waals surface area contributed by atoms with Gasteiger partial charge in [0.15, 0.2) is 0 Å². The van der Waals surface area contributed by atoms with Crippen LogP contribution >= 0.6 is 0 Å². The fourth-order valence-electron chi connectivity index (χ4n) is 2.66. The maximum atomic E-state index is 12.8. The summed E-state index contributed by atoms with van der Waals surface area (Å²) in [6, 6.07) is 8.82. The maximum absolute atomic E-state index is 12.8. The Balaban J connectivity index is 0.000000784. The molecule has 10 nitrogen and oxygen atoms in total. The molecule has 3 aromatic rings. The first-order valence-electron chi connectivity index (χ1n) is 11.1. The molecule has 0 aliphatic carbocycles. The number of carboxylic acids is 1. The van der Waals surface area contributed by atoms with Crippen LogP contribution in [0.25, 0.3) is 16.9 Å². The van der Waals surface area contributed by atoms with Crippen molar-refractivity contribution in [3.8, 4) is 11.3 Å². The molecule has 0 radical (unpaired) electrons. The van der Waals surface area contributed by atoms with E-state index in [9.17, 15) is 14.4 Å². The van der Waals surface area contributed by atoms with Gasteiger partial charge in [-0.05, 0) is 65.8 Å². The van der Waals surface area contributed by atoms with Crippen LogP contribution in [0.15, 0.2) is 48.9 Å². The van der Waals surface area contributed by atoms with Crippen LogP contribution in [0.5, 0.6) is 0 Å². The van der Waals surface area contributed by atoms with Crippen molar-refractivity contribution in [3.05, 3.63) is 48.9 Å². The molecular formula is C25H32N4O6. The largest absolute Gasteiger partial charge is 0.481 e. The minimum Gasteiger partial charge on any atom is -0.481 e. The lowest BCUT2D eigenvalue weighted by Crippen LogP contribution is -2.44. The van der Waals surface area contributed by atoms with Gasteiger partial charge in [-0.2, -0.15) is 4.90 Å². The number of carboxylic acid groups (broad SMARTS) is 1. The predicted molar refractivity (Wildman–Crippen MR) is 131 cm³/mol. The molecule has 0 saturated carbocycles. The van der Waals surface area contributed by atoms with Gasteiger partial charge in [0.05, 0.1) is 5.69 Å². The number of ether oxygens (including phenoxy) is 2. The molecular weight excluding hydrogens is 452 g/mol. The van der Waals surface area contributed by atoms with Crippen molar-refractivity contribution in [1.29, 1.82) is 0 Å². The molecule has 10 heteroatoms. The molecule has 0 unspecified atom stereocenters. The number of aromatic nitrogens is 3. The summed E-state index contributed by atoms with van der Waals surface area (Å²) >= 11 is 0. The number of rotatable bonds is 3. The number of hydrogen-bond donors (Lipinski definition) is 1. The fourth-order valence-corrected chi connectivity index (χ4v) is 2.66. The molecule has 0 bridgehead atoms. The molecule has 0 aromatic carbocycles. The zero-order chi connectivity index (χ0) is 26.4. The number of anilines is 1. The van der Waals surface area contributed by atoms with Crippen molar-refractivity contribution in [2.24, 2.45) is 0 Å². The molecule has 0 saturated heterocycles. The smallest absolute Gasteiger partial charge is 0.425 e. The molecule has 0 spiro atoms. The van der Waals surface area contributed by atoms with Crippen LogP contribution in [-0.4, -0.2) is 48.8 Å². The van der Waals surface area contributed by atoms with Crippen molar-refractivity contribution in [2.75, 3.05) is 4.90 Å². The van der Waals surface area contributed by atoms with E-state index in [-0.39, 0.29) is 12.2 Å². The summed E-state index contributed by atoms with van der Waals surface area (Å²) in [5.41, 5.74) is 0.609. The quantitative estimate of drug-likeness (QED) is 0.513. The van der Waals surface area contributed by atoms with E-state index in [0.717, 1.165) is 16.1 Å². The summed E-state index contributed by atoms with van der Waals surface area (Å²) in [6.07, 6.45) is 3.92. The number of carbonyl (C=O) groups excluding carboxylic acids is 2. The summed E-state index contributed by atoms with van der Waals surface area (Å²) in [4.78, 5) is 44.6. The van der Waals surface area contributed by atoms with E-state index in [0.29, 0.717) is 5.69 Å². The number of imide groups is 1. The van der Waals surface area contributed by atoms with Gasteiger partial charge in [-0.1, -0.05) is 13.0 Å². The van der Waals surface area contributed by atoms with Crippen LogP contribution in [0.4, 0.5) is 15.4 Å². The Morgan fingerprint density at radius 2 is 1.54 bits per heavy atom. The van der Waals surface area contributed by atoms with E-state index in [1.807, 2.05) is 28.9 Å². The van der Waals surface area contributed by atoms with Gasteiger partial charge >= 0.3 is 18.2 Å². The third-order valence-electron chi connectivity index (χ3n) is 4.10. The average Bonchev–Trinajstić information content (AvgIpc) is 3.19. The number of carbonyl (C=O) groups is 3. The minimum absolute atomic E-state index is 0.113. The first kappa shape index (κ1) is 27.3. The highest BCUT2D eigenvalue weighted by Crippen LogP contribution is 2.24. The summed E-state index contributed by atoms with van der Waals surface area (Å²) in [6.45, 7) is 11.9. The highest BCUT2D eigenvalue weighted by atomic mass is 16.6. The van der Waals surface area contributed by atoms with Gasteiger partial charge in [-0.3, -0.25) is 4.79 Å². The lowest BCUT2D eigenvalue weighted by molar-refractivity contribution is -0.136. The number of pyridine rings is 2. The predicted octanol–water partition coefficient (Wildman–Crippen LogP) is 5.55. The highest BCUT2D eigenvalue weighted by Gasteiger charge is 2.33. The summed E-state index contributed by atoms with van der Waals surface area (Å²) in [5.74, 6) is -0.633. The topological polar surface area (TPSA) is 123 Å². The molecule has 3 rings (SSSR count). The second-order valence-electron chi connectivity index (χ2n) is 9.53. The van der Waals surface area contributed by atoms with Gasteiger partial charge in [0.2, 0.25) is 0 Å². The molecule has 0 fully saturated rings. The molecule has 0 atom stereocenters. The van der Waals surface area contributed by atoms with Gasteiger partial charge in [0.25, 0.3) is 0 Å². The molecule has 188 valence electrons. The SMILES string of the molecule is CC(C)(C)OC(=O)N(C(=O)OC(C)(C)C)c1cccc(-c2ccc3nccn3c2)n1.CCC(=O)O. The molecule has 1 N–H and O–H groups in total. The molecule has 35 heavy (non-hydrogen) atoms.